The van der Waals surface area contributed by atoms with Gasteiger partial charge in [-0.2, -0.15) is 0 Å². The molecule has 0 bridgehead atoms. The van der Waals surface area contributed by atoms with E-state index in [4.69, 9.17) is 9.47 Å². The number of phenolic OH excluding ortho intramolecular Hbond substituents is 2. The Labute approximate surface area is 139 Å². The zero-order valence-corrected chi connectivity index (χ0v) is 13.7. The summed E-state index contributed by atoms with van der Waals surface area (Å²) in [7, 11) is 2.87. The van der Waals surface area contributed by atoms with Gasteiger partial charge in [-0.25, -0.2) is 4.79 Å². The lowest BCUT2D eigenvalue weighted by molar-refractivity contribution is -0.148. The molecular formula is C18H19NO5. The Balaban J connectivity index is 2.18. The molecule has 0 aromatic heterocycles. The number of carbonyl (C=O) groups excluding carboxylic acids is 1. The van der Waals surface area contributed by atoms with Gasteiger partial charge < -0.3 is 19.7 Å². The highest BCUT2D eigenvalue weighted by Gasteiger charge is 2.49. The van der Waals surface area contributed by atoms with Crippen molar-refractivity contribution in [1.29, 1.82) is 0 Å². The van der Waals surface area contributed by atoms with Crippen molar-refractivity contribution >= 4 is 5.97 Å². The molecule has 0 saturated heterocycles. The van der Waals surface area contributed by atoms with Crippen molar-refractivity contribution < 1.29 is 24.5 Å². The summed E-state index contributed by atoms with van der Waals surface area (Å²) in [5.41, 5.74) is 0.353. The first-order valence-corrected chi connectivity index (χ1v) is 7.47. The van der Waals surface area contributed by atoms with Crippen molar-refractivity contribution in [2.45, 2.75) is 18.5 Å². The van der Waals surface area contributed by atoms with Gasteiger partial charge in [0.1, 0.15) is 22.8 Å². The lowest BCUT2D eigenvalue weighted by Gasteiger charge is -2.24. The molecule has 2 aromatic rings. The van der Waals surface area contributed by atoms with Crippen molar-refractivity contribution in [2.75, 3.05) is 14.2 Å². The highest BCUT2D eigenvalue weighted by Crippen LogP contribution is 2.49. The Bertz CT molecular complexity index is 787. The molecule has 0 saturated carbocycles. The zero-order chi connectivity index (χ0) is 17.5. The van der Waals surface area contributed by atoms with E-state index in [-0.39, 0.29) is 11.5 Å². The van der Waals surface area contributed by atoms with E-state index in [2.05, 4.69) is 5.32 Å². The molecule has 2 atom stereocenters. The van der Waals surface area contributed by atoms with Gasteiger partial charge >= 0.3 is 5.97 Å². The van der Waals surface area contributed by atoms with Crippen LogP contribution in [-0.2, 0) is 15.1 Å². The highest BCUT2D eigenvalue weighted by molar-refractivity contribution is 5.86. The van der Waals surface area contributed by atoms with Gasteiger partial charge in [0.25, 0.3) is 0 Å². The van der Waals surface area contributed by atoms with E-state index < -0.39 is 17.6 Å². The van der Waals surface area contributed by atoms with Crippen molar-refractivity contribution in [2.24, 2.45) is 0 Å². The van der Waals surface area contributed by atoms with E-state index in [0.717, 1.165) is 5.56 Å². The van der Waals surface area contributed by atoms with Crippen molar-refractivity contribution in [3.05, 3.63) is 53.1 Å². The molecule has 3 N–H and O–H groups in total. The standard InChI is InChI=1S/C18H19NO5/c1-18(17(22)24-3)15-13(21)9-8-12(20)14(15)16(19-18)10-4-6-11(23-2)7-5-10/h4-9,16,19-21H,1-3H3/t16-,18-/m0/s1. The molecule has 0 aliphatic carbocycles. The molecule has 24 heavy (non-hydrogen) atoms. The van der Waals surface area contributed by atoms with Crippen LogP contribution >= 0.6 is 0 Å². The molecule has 126 valence electrons. The fourth-order valence-electron chi connectivity index (χ4n) is 3.26. The summed E-state index contributed by atoms with van der Waals surface area (Å²) in [6.45, 7) is 1.63. The number of rotatable bonds is 3. The summed E-state index contributed by atoms with van der Waals surface area (Å²) in [4.78, 5) is 12.3. The Morgan fingerprint density at radius 2 is 1.71 bits per heavy atom. The topological polar surface area (TPSA) is 88.0 Å². The maximum atomic E-state index is 12.3. The van der Waals surface area contributed by atoms with E-state index in [1.165, 1.54) is 19.2 Å². The quantitative estimate of drug-likeness (QED) is 0.591. The maximum Gasteiger partial charge on any atom is 0.330 e. The second kappa shape index (κ2) is 5.72. The van der Waals surface area contributed by atoms with Crippen LogP contribution in [0.3, 0.4) is 0 Å². The van der Waals surface area contributed by atoms with E-state index in [1.807, 2.05) is 12.1 Å². The van der Waals surface area contributed by atoms with Crippen molar-refractivity contribution in [1.82, 2.24) is 5.32 Å². The van der Waals surface area contributed by atoms with Crippen LogP contribution in [0.5, 0.6) is 17.2 Å². The first-order valence-electron chi connectivity index (χ1n) is 7.47. The number of benzene rings is 2. The second-order valence-electron chi connectivity index (χ2n) is 5.86. The minimum atomic E-state index is -1.27. The third kappa shape index (κ3) is 2.27. The van der Waals surface area contributed by atoms with E-state index in [9.17, 15) is 15.0 Å². The van der Waals surface area contributed by atoms with Crippen LogP contribution in [0.15, 0.2) is 36.4 Å². The van der Waals surface area contributed by atoms with E-state index in [0.29, 0.717) is 16.9 Å². The van der Waals surface area contributed by atoms with Gasteiger partial charge in [-0.1, -0.05) is 12.1 Å². The average Bonchev–Trinajstić information content (AvgIpc) is 2.93. The normalized spacial score (nSPS) is 22.0. The van der Waals surface area contributed by atoms with E-state index in [1.54, 1.807) is 26.2 Å². The first kappa shape index (κ1) is 16.1. The molecule has 0 spiro atoms. The SMILES string of the molecule is COC(=O)[C@@]1(C)N[C@@H](c2ccc(OC)cc2)c2c(O)ccc(O)c21. The minimum Gasteiger partial charge on any atom is -0.508 e. The summed E-state index contributed by atoms with van der Waals surface area (Å²) in [5.74, 6) is 0.0939. The number of phenols is 2. The van der Waals surface area contributed by atoms with Crippen molar-refractivity contribution in [3.63, 3.8) is 0 Å². The Kier molecular flexibility index (Phi) is 3.85. The maximum absolute atomic E-state index is 12.3. The van der Waals surface area contributed by atoms with Crippen LogP contribution in [0.2, 0.25) is 0 Å². The monoisotopic (exact) mass is 329 g/mol. The first-order chi connectivity index (χ1) is 11.4. The molecule has 1 heterocycles. The number of esters is 1. The number of methoxy groups -OCH3 is 2. The summed E-state index contributed by atoms with van der Waals surface area (Å²) in [5, 5.41) is 23.8. The Hall–Kier alpha value is -2.73. The fraction of sp³-hybridized carbons (Fsp3) is 0.278. The molecule has 0 fully saturated rings. The molecule has 0 amide bonds. The third-order valence-electron chi connectivity index (χ3n) is 4.46. The molecule has 0 unspecified atom stereocenters. The van der Waals surface area contributed by atoms with Crippen molar-refractivity contribution in [3.8, 4) is 17.2 Å². The average molecular weight is 329 g/mol. The van der Waals surface area contributed by atoms with Crippen LogP contribution in [0.4, 0.5) is 0 Å². The lowest BCUT2D eigenvalue weighted by atomic mass is 9.89. The number of aromatic hydroxyl groups is 2. The number of nitrogens with one attached hydrogen (secondary N) is 1. The predicted octanol–water partition coefficient (Wildman–Crippen LogP) is 2.19. The van der Waals surface area contributed by atoms with Crippen LogP contribution in [-0.4, -0.2) is 30.4 Å². The van der Waals surface area contributed by atoms with Crippen LogP contribution in [0.1, 0.15) is 29.7 Å². The number of fused-ring (bicyclic) bond motifs is 1. The Morgan fingerprint density at radius 1 is 1.08 bits per heavy atom. The number of hydrogen-bond donors (Lipinski definition) is 3. The Morgan fingerprint density at radius 3 is 2.29 bits per heavy atom. The van der Waals surface area contributed by atoms with Gasteiger partial charge in [0.05, 0.1) is 20.3 Å². The van der Waals surface area contributed by atoms with E-state index >= 15 is 0 Å². The lowest BCUT2D eigenvalue weighted by Crippen LogP contribution is -2.44. The molecular weight excluding hydrogens is 310 g/mol. The number of carbonyl (C=O) groups is 1. The molecule has 2 aromatic carbocycles. The third-order valence-corrected chi connectivity index (χ3v) is 4.46. The zero-order valence-electron chi connectivity index (χ0n) is 13.7. The van der Waals surface area contributed by atoms with Gasteiger partial charge in [0.2, 0.25) is 0 Å². The number of ether oxygens (including phenoxy) is 2. The largest absolute Gasteiger partial charge is 0.508 e. The fourth-order valence-corrected chi connectivity index (χ4v) is 3.26. The van der Waals surface area contributed by atoms with Crippen LogP contribution in [0, 0.1) is 0 Å². The molecule has 1 aliphatic heterocycles. The molecule has 6 heteroatoms. The second-order valence-corrected chi connectivity index (χ2v) is 5.86. The van der Waals surface area contributed by atoms with Crippen LogP contribution < -0.4 is 10.1 Å². The predicted molar refractivity (Wildman–Crippen MR) is 87.1 cm³/mol. The molecule has 0 radical (unpaired) electrons. The van der Waals surface area contributed by atoms with Gasteiger partial charge in [0, 0.05) is 11.1 Å². The van der Waals surface area contributed by atoms with Crippen LogP contribution in [0.25, 0.3) is 0 Å². The van der Waals surface area contributed by atoms with Gasteiger partial charge in [-0.3, -0.25) is 5.32 Å². The summed E-state index contributed by atoms with van der Waals surface area (Å²) < 4.78 is 10.1. The molecule has 1 aliphatic rings. The smallest absolute Gasteiger partial charge is 0.330 e. The highest BCUT2D eigenvalue weighted by atomic mass is 16.5. The minimum absolute atomic E-state index is 0.00347. The van der Waals surface area contributed by atoms with Gasteiger partial charge in [-0.05, 0) is 36.8 Å². The number of hydrogen-bond acceptors (Lipinski definition) is 6. The summed E-state index contributed by atoms with van der Waals surface area (Å²) in [6.07, 6.45) is 0. The molecule has 6 nitrogen and oxygen atoms in total. The summed E-state index contributed by atoms with van der Waals surface area (Å²) in [6, 6.07) is 9.58. The summed E-state index contributed by atoms with van der Waals surface area (Å²) >= 11 is 0. The molecule has 3 rings (SSSR count). The van der Waals surface area contributed by atoms with Gasteiger partial charge in [-0.15, -0.1) is 0 Å². The van der Waals surface area contributed by atoms with Gasteiger partial charge in [0.15, 0.2) is 0 Å².